The average Bonchev–Trinajstić information content (AvgIpc) is 3.86. The maximum Gasteiger partial charge on any atom is 0.335 e. The Kier molecular flexibility index (Phi) is 10.8. The topological polar surface area (TPSA) is 219 Å². The number of carbonyl (C=O) groups is 3. The van der Waals surface area contributed by atoms with E-state index in [4.69, 9.17) is 11.6 Å². The van der Waals surface area contributed by atoms with E-state index >= 15 is 0 Å². The number of imide groups is 1. The third kappa shape index (κ3) is 7.93. The molecule has 4 atom stereocenters. The normalized spacial score (nSPS) is 20.6. The molecule has 2 aliphatic heterocycles. The first-order valence-electron chi connectivity index (χ1n) is 20.1. The highest BCUT2D eigenvalue weighted by Gasteiger charge is 2.45. The van der Waals surface area contributed by atoms with Gasteiger partial charge in [-0.25, -0.2) is 37.0 Å². The fourth-order valence-electron chi connectivity index (χ4n) is 8.58. The van der Waals surface area contributed by atoms with Gasteiger partial charge in [0.15, 0.2) is 17.9 Å². The van der Waals surface area contributed by atoms with Gasteiger partial charge in [0.1, 0.15) is 17.6 Å². The zero-order valence-corrected chi connectivity index (χ0v) is 34.2. The Bertz CT molecular complexity index is 3050. The molecule has 18 nitrogen and oxygen atoms in total. The Morgan fingerprint density at radius 2 is 1.75 bits per heavy atom. The van der Waals surface area contributed by atoms with Crippen LogP contribution in [0.5, 0.6) is 0 Å². The third-order valence-electron chi connectivity index (χ3n) is 11.7. The highest BCUT2D eigenvalue weighted by atomic mass is 35.5. The summed E-state index contributed by atoms with van der Waals surface area (Å²) in [6.07, 6.45) is 5.62. The van der Waals surface area contributed by atoms with Crippen LogP contribution in [0, 0.1) is 17.5 Å². The van der Waals surface area contributed by atoms with E-state index in [2.05, 4.69) is 36.0 Å². The fraction of sp³-hybridized carbons (Fsp3) is 0.341. The van der Waals surface area contributed by atoms with Crippen LogP contribution in [-0.4, -0.2) is 78.7 Å². The molecule has 9 rings (SSSR count). The monoisotopic (exact) mass is 886 g/mol. The predicted molar refractivity (Wildman–Crippen MR) is 218 cm³/mol. The first kappa shape index (κ1) is 41.5. The smallest absolute Gasteiger partial charge is 0.335 e. The molecule has 4 N–H and O–H groups in total. The number of aryl methyl sites for hydroxylation is 1. The van der Waals surface area contributed by atoms with Crippen molar-refractivity contribution in [3.63, 3.8) is 0 Å². The molecule has 6 aromatic rings. The van der Waals surface area contributed by atoms with Crippen LogP contribution >= 0.6 is 11.6 Å². The Hall–Kier alpha value is -6.87. The van der Waals surface area contributed by atoms with Crippen molar-refractivity contribution in [2.45, 2.75) is 82.4 Å². The lowest BCUT2D eigenvalue weighted by Gasteiger charge is -2.32. The summed E-state index contributed by atoms with van der Waals surface area (Å²) in [6, 6.07) is 8.03. The molecule has 0 radical (unpaired) electrons. The van der Waals surface area contributed by atoms with Crippen LogP contribution < -0.4 is 27.6 Å². The molecule has 4 unspecified atom stereocenters. The number of hydrogen-bond acceptors (Lipinski definition) is 11. The summed E-state index contributed by atoms with van der Waals surface area (Å²) in [5.41, 5.74) is -0.420. The lowest BCUT2D eigenvalue weighted by molar-refractivity contribution is -0.139. The number of hydrogen-bond donors (Lipinski definition) is 4. The van der Waals surface area contributed by atoms with E-state index in [0.29, 0.717) is 53.5 Å². The lowest BCUT2D eigenvalue weighted by atomic mass is 10.0. The van der Waals surface area contributed by atoms with Gasteiger partial charge in [0.2, 0.25) is 17.4 Å². The van der Waals surface area contributed by atoms with Crippen molar-refractivity contribution in [2.24, 2.45) is 12.0 Å². The van der Waals surface area contributed by atoms with Crippen LogP contribution in [0.1, 0.15) is 84.4 Å². The van der Waals surface area contributed by atoms with Crippen molar-refractivity contribution in [1.82, 2.24) is 49.1 Å². The van der Waals surface area contributed by atoms with Crippen LogP contribution in [0.25, 0.3) is 10.9 Å². The molecule has 3 aromatic heterocycles. The van der Waals surface area contributed by atoms with Gasteiger partial charge in [0.05, 0.1) is 41.6 Å². The zero-order chi connectivity index (χ0) is 44.3. The van der Waals surface area contributed by atoms with E-state index in [-0.39, 0.29) is 64.6 Å². The molecule has 63 heavy (non-hydrogen) atoms. The van der Waals surface area contributed by atoms with Crippen molar-refractivity contribution in [1.29, 1.82) is 0 Å². The van der Waals surface area contributed by atoms with E-state index in [1.54, 1.807) is 59.1 Å². The fourth-order valence-corrected chi connectivity index (χ4v) is 8.78. The number of aromatic amines is 1. The minimum Gasteiger partial charge on any atom is -0.382 e. The van der Waals surface area contributed by atoms with Crippen molar-refractivity contribution < 1.29 is 32.7 Å². The quantitative estimate of drug-likeness (QED) is 0.0942. The third-order valence-corrected chi connectivity index (χ3v) is 12.0. The van der Waals surface area contributed by atoms with E-state index in [1.807, 2.05) is 0 Å². The number of amides is 3. The number of rotatable bonds is 9. The molecule has 326 valence electrons. The van der Waals surface area contributed by atoms with Crippen LogP contribution in [0.2, 0.25) is 5.02 Å². The van der Waals surface area contributed by atoms with E-state index in [0.717, 1.165) is 26.9 Å². The minimum atomic E-state index is -1.41. The number of aliphatic hydroxyl groups is 1. The van der Waals surface area contributed by atoms with E-state index < -0.39 is 65.4 Å². The number of fused-ring (bicyclic) bond motifs is 2. The van der Waals surface area contributed by atoms with Gasteiger partial charge < -0.3 is 10.4 Å². The largest absolute Gasteiger partial charge is 0.382 e. The van der Waals surface area contributed by atoms with Gasteiger partial charge in [-0.3, -0.25) is 38.8 Å². The number of aromatic nitrogens is 8. The lowest BCUT2D eigenvalue weighted by Crippen LogP contribution is -2.53. The molecule has 0 spiro atoms. The summed E-state index contributed by atoms with van der Waals surface area (Å²) in [5, 5.41) is 30.7. The van der Waals surface area contributed by atoms with Gasteiger partial charge in [0, 0.05) is 59.5 Å². The highest BCUT2D eigenvalue weighted by Crippen LogP contribution is 2.40. The number of aliphatic hydroxyl groups excluding tert-OH is 1. The van der Waals surface area contributed by atoms with Crippen molar-refractivity contribution in [2.75, 3.05) is 5.32 Å². The maximum atomic E-state index is 15.0. The summed E-state index contributed by atoms with van der Waals surface area (Å²) in [7, 11) is 1.72. The molecule has 2 fully saturated rings. The van der Waals surface area contributed by atoms with Crippen molar-refractivity contribution in [3.05, 3.63) is 126 Å². The SMILES string of the molecule is Cn1cc2cc(/N=c3\[nH]c(=O)n(Cc4cn(C5CCCC(Nc6cccc7c6C(O)N(C6CCC(=O)NC6=O)C7=O)CC5)nn4)c(=O)n3Cc3cc(F)c(F)cc3F)c(Cl)cc2n1. The first-order chi connectivity index (χ1) is 30.2. The molecule has 1 saturated carbocycles. The molecular formula is C41H38ClF3N12O6. The number of nitrogens with one attached hydrogen (secondary N) is 3. The van der Waals surface area contributed by atoms with Gasteiger partial charge in [-0.15, -0.1) is 5.10 Å². The number of halogens is 4. The molecule has 0 bridgehead atoms. The Morgan fingerprint density at radius 3 is 2.56 bits per heavy atom. The molecule has 1 saturated heterocycles. The first-order valence-corrected chi connectivity index (χ1v) is 20.5. The summed E-state index contributed by atoms with van der Waals surface area (Å²) < 4.78 is 48.1. The highest BCUT2D eigenvalue weighted by molar-refractivity contribution is 6.33. The van der Waals surface area contributed by atoms with Gasteiger partial charge in [-0.1, -0.05) is 22.9 Å². The Labute approximate surface area is 358 Å². The Morgan fingerprint density at radius 1 is 0.937 bits per heavy atom. The molecule has 3 aromatic carbocycles. The predicted octanol–water partition coefficient (Wildman–Crippen LogP) is 3.45. The second kappa shape index (κ2) is 16.4. The number of benzene rings is 3. The summed E-state index contributed by atoms with van der Waals surface area (Å²) >= 11 is 6.50. The van der Waals surface area contributed by atoms with Gasteiger partial charge >= 0.3 is 11.4 Å². The maximum absolute atomic E-state index is 15.0. The minimum absolute atomic E-state index is 0.0532. The van der Waals surface area contributed by atoms with E-state index in [1.165, 1.54) is 0 Å². The average molecular weight is 887 g/mol. The zero-order valence-electron chi connectivity index (χ0n) is 33.4. The number of anilines is 1. The molecule has 5 heterocycles. The number of carbonyl (C=O) groups excluding carboxylic acids is 3. The van der Waals surface area contributed by atoms with Crippen molar-refractivity contribution >= 4 is 51.6 Å². The summed E-state index contributed by atoms with van der Waals surface area (Å²) in [5.74, 6) is -5.43. The van der Waals surface area contributed by atoms with Gasteiger partial charge in [-0.2, -0.15) is 5.10 Å². The number of H-pyrrole nitrogens is 1. The molecular weight excluding hydrogens is 849 g/mol. The summed E-state index contributed by atoms with van der Waals surface area (Å²) in [6.45, 7) is -1.00. The number of nitrogens with zero attached hydrogens (tertiary/aromatic N) is 9. The van der Waals surface area contributed by atoms with Crippen LogP contribution in [0.4, 0.5) is 24.5 Å². The Balaban J connectivity index is 0.943. The van der Waals surface area contributed by atoms with Crippen LogP contribution in [0.15, 0.2) is 69.4 Å². The second-order valence-corrected chi connectivity index (χ2v) is 16.3. The van der Waals surface area contributed by atoms with E-state index in [9.17, 15) is 42.3 Å². The van der Waals surface area contributed by atoms with Crippen LogP contribution in [0.3, 0.4) is 0 Å². The molecule has 1 aliphatic carbocycles. The van der Waals surface area contributed by atoms with Crippen molar-refractivity contribution in [3.8, 4) is 0 Å². The summed E-state index contributed by atoms with van der Waals surface area (Å²) in [4.78, 5) is 73.6. The van der Waals surface area contributed by atoms with Crippen LogP contribution in [-0.2, 0) is 29.7 Å². The second-order valence-electron chi connectivity index (χ2n) is 15.9. The number of piperidine rings is 1. The van der Waals surface area contributed by atoms with Gasteiger partial charge in [0.25, 0.3) is 5.91 Å². The molecule has 3 aliphatic rings. The molecule has 22 heteroatoms. The standard InChI is InChI=1S/C41H38ClF3N12O6/c1-53-16-21-13-32(26(42)14-31(21)51-53)47-39-49-40(62)55(41(63)54(39)17-20-12-28(44)29(45)15-27(20)43)18-23-19-56(52-50-23)24-5-2-4-22(8-9-24)46-30-7-3-6-25-35(30)38(61)57(37(25)60)33-10-11-34(58)48-36(33)59/h3,6-7,12-16,19,22,24,33,38,46,61H,2,4-5,8-11,17-18H2,1H3,(H,47,49,62)(H,48,58,59). The molecule has 3 amide bonds. The van der Waals surface area contributed by atoms with Gasteiger partial charge in [-0.05, 0) is 68.9 Å².